The van der Waals surface area contributed by atoms with Crippen LogP contribution in [0.15, 0.2) is 23.5 Å². The second-order valence-corrected chi connectivity index (χ2v) is 10.2. The van der Waals surface area contributed by atoms with Gasteiger partial charge in [-0.2, -0.15) is 0 Å². The number of Topliss-reactive ketones (excluding diaryl/α,β-unsaturated/α-hetero) is 3. The van der Waals surface area contributed by atoms with Crippen LogP contribution in [0.2, 0.25) is 0 Å². The maximum Gasteiger partial charge on any atom is 0.206 e. The Morgan fingerprint density at radius 2 is 1.65 bits per heavy atom. The smallest absolute Gasteiger partial charge is 0.206 e. The number of carbonyl (C=O) groups is 3. The Bertz CT molecular complexity index is 816. The molecule has 4 rings (SSSR count). The summed E-state index contributed by atoms with van der Waals surface area (Å²) < 4.78 is 0. The highest BCUT2D eigenvalue weighted by Gasteiger charge is 2.69. The van der Waals surface area contributed by atoms with Gasteiger partial charge in [0.15, 0.2) is 5.76 Å². The second-order valence-electron chi connectivity index (χ2n) is 10.2. The van der Waals surface area contributed by atoms with Gasteiger partial charge in [0.25, 0.3) is 0 Å². The Labute approximate surface area is 154 Å². The normalized spacial score (nSPS) is 46.9. The minimum Gasteiger partial charge on any atom is -0.505 e. The average molecular weight is 356 g/mol. The van der Waals surface area contributed by atoms with Gasteiger partial charge in [-0.15, -0.1) is 0 Å². The molecule has 0 saturated heterocycles. The zero-order chi connectivity index (χ0) is 19.3. The van der Waals surface area contributed by atoms with Crippen LogP contribution in [0.3, 0.4) is 0 Å². The molecule has 0 spiro atoms. The predicted molar refractivity (Wildman–Crippen MR) is 97.4 cm³/mol. The lowest BCUT2D eigenvalue weighted by Crippen LogP contribution is -2.61. The molecule has 0 aromatic rings. The summed E-state index contributed by atoms with van der Waals surface area (Å²) in [6, 6.07) is 0. The van der Waals surface area contributed by atoms with Crippen molar-refractivity contribution in [3.05, 3.63) is 23.5 Å². The summed E-state index contributed by atoms with van der Waals surface area (Å²) >= 11 is 0. The van der Waals surface area contributed by atoms with Crippen LogP contribution >= 0.6 is 0 Å². The first-order chi connectivity index (χ1) is 11.9. The van der Waals surface area contributed by atoms with Crippen LogP contribution < -0.4 is 0 Å². The molecule has 0 aromatic carbocycles. The largest absolute Gasteiger partial charge is 0.505 e. The number of aliphatic hydroxyl groups excluding tert-OH is 1. The maximum atomic E-state index is 13.5. The quantitative estimate of drug-likeness (QED) is 0.667. The van der Waals surface area contributed by atoms with Crippen molar-refractivity contribution in [1.29, 1.82) is 0 Å². The molecule has 0 bridgehead atoms. The van der Waals surface area contributed by atoms with Gasteiger partial charge in [-0.1, -0.05) is 32.4 Å². The molecular formula is C22H28O4. The molecule has 1 N–H and O–H groups in total. The zero-order valence-electron chi connectivity index (χ0n) is 16.3. The number of ketones is 3. The van der Waals surface area contributed by atoms with Crippen molar-refractivity contribution >= 4 is 17.3 Å². The first-order valence-corrected chi connectivity index (χ1v) is 9.59. The van der Waals surface area contributed by atoms with E-state index in [0.29, 0.717) is 25.7 Å². The summed E-state index contributed by atoms with van der Waals surface area (Å²) in [5.41, 5.74) is -1.06. The van der Waals surface area contributed by atoms with E-state index >= 15 is 0 Å². The molecule has 2 unspecified atom stereocenters. The van der Waals surface area contributed by atoms with Crippen LogP contribution in [0.4, 0.5) is 0 Å². The fourth-order valence-corrected chi connectivity index (χ4v) is 6.71. The molecule has 4 heteroatoms. The van der Waals surface area contributed by atoms with Gasteiger partial charge in [0.2, 0.25) is 5.78 Å². The van der Waals surface area contributed by atoms with Gasteiger partial charge in [-0.05, 0) is 43.1 Å². The molecule has 2 fully saturated rings. The lowest BCUT2D eigenvalue weighted by molar-refractivity contribution is -0.161. The molecule has 5 atom stereocenters. The molecule has 0 aliphatic heterocycles. The Balaban J connectivity index is 1.92. The highest BCUT2D eigenvalue weighted by molar-refractivity contribution is 6.02. The van der Waals surface area contributed by atoms with Crippen LogP contribution in [0.25, 0.3) is 0 Å². The van der Waals surface area contributed by atoms with E-state index in [9.17, 15) is 19.5 Å². The lowest BCUT2D eigenvalue weighted by Gasteiger charge is -2.62. The van der Waals surface area contributed by atoms with E-state index in [1.54, 1.807) is 6.08 Å². The van der Waals surface area contributed by atoms with Gasteiger partial charge in [0, 0.05) is 30.6 Å². The van der Waals surface area contributed by atoms with Gasteiger partial charge in [-0.25, -0.2) is 0 Å². The van der Waals surface area contributed by atoms with Gasteiger partial charge in [-0.3, -0.25) is 14.4 Å². The number of allylic oxidation sites excluding steroid dienone is 4. The molecule has 0 amide bonds. The van der Waals surface area contributed by atoms with Crippen molar-refractivity contribution in [3.8, 4) is 0 Å². The van der Waals surface area contributed by atoms with E-state index in [1.807, 2.05) is 20.8 Å². The van der Waals surface area contributed by atoms with Crippen molar-refractivity contribution in [2.75, 3.05) is 0 Å². The van der Waals surface area contributed by atoms with Crippen LogP contribution in [-0.4, -0.2) is 22.5 Å². The average Bonchev–Trinajstić information content (AvgIpc) is 2.75. The molecule has 26 heavy (non-hydrogen) atoms. The summed E-state index contributed by atoms with van der Waals surface area (Å²) in [4.78, 5) is 38.3. The van der Waals surface area contributed by atoms with Crippen molar-refractivity contribution in [2.24, 2.45) is 33.5 Å². The topological polar surface area (TPSA) is 71.4 Å². The van der Waals surface area contributed by atoms with Crippen LogP contribution in [0.5, 0.6) is 0 Å². The van der Waals surface area contributed by atoms with Crippen molar-refractivity contribution < 1.29 is 19.5 Å². The number of rotatable bonds is 0. The number of aliphatic hydroxyl groups is 1. The van der Waals surface area contributed by atoms with Gasteiger partial charge in [0.1, 0.15) is 11.6 Å². The summed E-state index contributed by atoms with van der Waals surface area (Å²) in [5, 5.41) is 10.3. The fourth-order valence-electron chi connectivity index (χ4n) is 6.71. The molecule has 4 aliphatic carbocycles. The molecule has 2 saturated carbocycles. The Morgan fingerprint density at radius 1 is 1.00 bits per heavy atom. The zero-order valence-corrected chi connectivity index (χ0v) is 16.3. The van der Waals surface area contributed by atoms with Crippen LogP contribution in [0, 0.1) is 33.5 Å². The Morgan fingerprint density at radius 3 is 2.31 bits per heavy atom. The highest BCUT2D eigenvalue weighted by Crippen LogP contribution is 2.70. The molecule has 0 aromatic heterocycles. The standard InChI is InChI=1S/C22H28O4/c1-19(2)13-6-7-16-21(4)10-12(23)9-20(21,3)11-17(25)22(16,5)14(13)8-15(24)18(19)26/h6,8,14,16,24H,7,9-11H2,1-5H3/t14?,16?,20-,21-,22-/m0/s1. The minimum atomic E-state index is -0.801. The summed E-state index contributed by atoms with van der Waals surface area (Å²) in [6.07, 6.45) is 5.82. The molecular weight excluding hydrogens is 328 g/mol. The number of fused-ring (bicyclic) bond motifs is 5. The third-order valence-corrected chi connectivity index (χ3v) is 8.58. The molecule has 0 radical (unpaired) electrons. The highest BCUT2D eigenvalue weighted by atomic mass is 16.3. The Kier molecular flexibility index (Phi) is 3.24. The van der Waals surface area contributed by atoms with Gasteiger partial charge < -0.3 is 5.11 Å². The van der Waals surface area contributed by atoms with Crippen LogP contribution in [0.1, 0.15) is 60.3 Å². The van der Waals surface area contributed by atoms with E-state index < -0.39 is 10.8 Å². The molecule has 140 valence electrons. The van der Waals surface area contributed by atoms with E-state index in [0.717, 1.165) is 5.57 Å². The lowest BCUT2D eigenvalue weighted by atomic mass is 9.40. The van der Waals surface area contributed by atoms with Crippen molar-refractivity contribution in [2.45, 2.75) is 60.3 Å². The van der Waals surface area contributed by atoms with E-state index in [-0.39, 0.29) is 45.8 Å². The molecule has 4 nitrogen and oxygen atoms in total. The van der Waals surface area contributed by atoms with Gasteiger partial charge >= 0.3 is 0 Å². The second kappa shape index (κ2) is 4.76. The minimum absolute atomic E-state index is 0.0366. The van der Waals surface area contributed by atoms with Crippen LogP contribution in [-0.2, 0) is 14.4 Å². The SMILES string of the molecule is CC1(C)C(=O)C(O)=CC2C1=CCC1[C@@]2(C)C(=O)C[C@]2(C)CC(=O)C[C@@]12C. The van der Waals surface area contributed by atoms with E-state index in [2.05, 4.69) is 19.9 Å². The predicted octanol–water partition coefficient (Wildman–Crippen LogP) is 3.95. The maximum absolute atomic E-state index is 13.5. The third-order valence-electron chi connectivity index (χ3n) is 8.58. The first-order valence-electron chi connectivity index (χ1n) is 9.59. The third kappa shape index (κ3) is 1.78. The number of carbonyl (C=O) groups excluding carboxylic acids is 3. The van der Waals surface area contributed by atoms with Crippen molar-refractivity contribution in [1.82, 2.24) is 0 Å². The summed E-state index contributed by atoms with van der Waals surface area (Å²) in [5.74, 6) is -0.334. The number of hydrogen-bond acceptors (Lipinski definition) is 4. The molecule has 0 heterocycles. The fraction of sp³-hybridized carbons (Fsp3) is 0.682. The van der Waals surface area contributed by atoms with E-state index in [1.165, 1.54) is 0 Å². The summed E-state index contributed by atoms with van der Waals surface area (Å²) in [6.45, 7) is 9.94. The monoisotopic (exact) mass is 356 g/mol. The number of hydrogen-bond donors (Lipinski definition) is 1. The molecule has 4 aliphatic rings. The summed E-state index contributed by atoms with van der Waals surface area (Å²) in [7, 11) is 0. The Hall–Kier alpha value is -1.71. The first kappa shape index (κ1) is 17.7. The van der Waals surface area contributed by atoms with E-state index in [4.69, 9.17) is 0 Å². The van der Waals surface area contributed by atoms with Crippen molar-refractivity contribution in [3.63, 3.8) is 0 Å². The van der Waals surface area contributed by atoms with Gasteiger partial charge in [0.05, 0.1) is 5.41 Å².